The number of fused-ring (bicyclic) bond motifs is 1. The highest BCUT2D eigenvalue weighted by Gasteiger charge is 2.15. The zero-order chi connectivity index (χ0) is 17.4. The molecule has 3 aromatic rings. The number of carboxylic acid groups (broad SMARTS) is 1. The minimum atomic E-state index is -1.18. The molecule has 1 aromatic heterocycles. The van der Waals surface area contributed by atoms with Gasteiger partial charge in [0.05, 0.1) is 17.1 Å². The molecule has 0 spiro atoms. The molecule has 1 heterocycles. The van der Waals surface area contributed by atoms with Crippen LogP contribution in [0.25, 0.3) is 22.0 Å². The number of aromatic hydroxyl groups is 1. The van der Waals surface area contributed by atoms with Gasteiger partial charge >= 0.3 is 5.97 Å². The molecule has 24 heavy (non-hydrogen) atoms. The molecule has 0 aliphatic heterocycles. The van der Waals surface area contributed by atoms with Crippen molar-refractivity contribution >= 4 is 16.9 Å². The lowest BCUT2D eigenvalue weighted by Gasteiger charge is -2.12. The van der Waals surface area contributed by atoms with E-state index in [0.29, 0.717) is 11.1 Å². The van der Waals surface area contributed by atoms with Gasteiger partial charge in [-0.15, -0.1) is 0 Å². The number of phenols is 1. The number of hydrogen-bond acceptors (Lipinski definition) is 3. The van der Waals surface area contributed by atoms with Crippen LogP contribution in [-0.4, -0.2) is 20.7 Å². The number of rotatable bonds is 3. The highest BCUT2D eigenvalue weighted by molar-refractivity contribution is 5.98. The number of carboxylic acids is 1. The molecule has 5 heteroatoms. The van der Waals surface area contributed by atoms with Crippen LogP contribution in [0.3, 0.4) is 0 Å². The number of nitriles is 1. The van der Waals surface area contributed by atoms with Gasteiger partial charge in [0, 0.05) is 17.6 Å². The predicted molar refractivity (Wildman–Crippen MR) is 91.1 cm³/mol. The Kier molecular flexibility index (Phi) is 3.74. The molecule has 0 saturated carbocycles. The first-order valence-corrected chi connectivity index (χ1v) is 7.53. The van der Waals surface area contributed by atoms with Crippen LogP contribution >= 0.6 is 0 Å². The van der Waals surface area contributed by atoms with Gasteiger partial charge in [0.15, 0.2) is 0 Å². The van der Waals surface area contributed by atoms with Crippen LogP contribution in [0, 0.1) is 11.3 Å². The van der Waals surface area contributed by atoms with E-state index in [1.54, 1.807) is 12.1 Å². The molecule has 0 unspecified atom stereocenters. The third-order valence-electron chi connectivity index (χ3n) is 4.06. The van der Waals surface area contributed by atoms with E-state index >= 15 is 0 Å². The van der Waals surface area contributed by atoms with Crippen LogP contribution in [0.15, 0.2) is 42.6 Å². The summed E-state index contributed by atoms with van der Waals surface area (Å²) in [5, 5.41) is 29.3. The SMILES string of the molecule is CC(C)n1ccc2c(-c3ccc(C(=O)O)c(O)c3)cc(C#N)cc21. The zero-order valence-electron chi connectivity index (χ0n) is 13.3. The fourth-order valence-electron chi connectivity index (χ4n) is 2.90. The number of benzene rings is 2. The molecule has 2 N–H and O–H groups in total. The summed E-state index contributed by atoms with van der Waals surface area (Å²) < 4.78 is 2.07. The van der Waals surface area contributed by atoms with Gasteiger partial charge in [0.1, 0.15) is 11.3 Å². The van der Waals surface area contributed by atoms with Crippen molar-refractivity contribution in [3.8, 4) is 22.9 Å². The molecule has 0 aliphatic carbocycles. The van der Waals surface area contributed by atoms with Gasteiger partial charge in [-0.25, -0.2) is 4.79 Å². The number of nitrogens with zero attached hydrogens (tertiary/aromatic N) is 2. The van der Waals surface area contributed by atoms with Crippen LogP contribution in [0.4, 0.5) is 0 Å². The van der Waals surface area contributed by atoms with Crippen molar-refractivity contribution in [2.75, 3.05) is 0 Å². The fraction of sp³-hybridized carbons (Fsp3) is 0.158. The first-order chi connectivity index (χ1) is 11.4. The Morgan fingerprint density at radius 3 is 2.54 bits per heavy atom. The van der Waals surface area contributed by atoms with Gasteiger partial charge in [-0.05, 0) is 55.3 Å². The van der Waals surface area contributed by atoms with Crippen molar-refractivity contribution in [2.45, 2.75) is 19.9 Å². The summed E-state index contributed by atoms with van der Waals surface area (Å²) in [6.45, 7) is 4.12. The van der Waals surface area contributed by atoms with Crippen LogP contribution in [0.1, 0.15) is 35.8 Å². The quantitative estimate of drug-likeness (QED) is 0.758. The van der Waals surface area contributed by atoms with E-state index in [4.69, 9.17) is 5.11 Å². The summed E-state index contributed by atoms with van der Waals surface area (Å²) in [7, 11) is 0. The highest BCUT2D eigenvalue weighted by Crippen LogP contribution is 2.34. The van der Waals surface area contributed by atoms with E-state index in [1.165, 1.54) is 12.1 Å². The number of aromatic carboxylic acids is 1. The van der Waals surface area contributed by atoms with Crippen LogP contribution in [0.2, 0.25) is 0 Å². The Morgan fingerprint density at radius 2 is 1.96 bits per heavy atom. The standard InChI is InChI=1S/C19H16N2O3/c1-11(2)21-6-5-14-16(7-12(10-20)8-17(14)21)13-3-4-15(19(23)24)18(22)9-13/h3-9,11,22H,1-2H3,(H,23,24). The lowest BCUT2D eigenvalue weighted by Crippen LogP contribution is -1.99. The van der Waals surface area contributed by atoms with Crippen molar-refractivity contribution in [1.82, 2.24) is 4.57 Å². The van der Waals surface area contributed by atoms with Gasteiger partial charge in [0.2, 0.25) is 0 Å². The molecule has 0 radical (unpaired) electrons. The lowest BCUT2D eigenvalue weighted by molar-refractivity contribution is 0.0694. The smallest absolute Gasteiger partial charge is 0.339 e. The molecule has 0 saturated heterocycles. The Hall–Kier alpha value is -3.26. The van der Waals surface area contributed by atoms with Crippen molar-refractivity contribution in [3.05, 3.63) is 53.7 Å². The maximum absolute atomic E-state index is 11.1. The second kappa shape index (κ2) is 5.74. The first-order valence-electron chi connectivity index (χ1n) is 7.53. The second-order valence-electron chi connectivity index (χ2n) is 5.92. The van der Waals surface area contributed by atoms with Crippen molar-refractivity contribution < 1.29 is 15.0 Å². The predicted octanol–water partition coefficient (Wildman–Crippen LogP) is 4.16. The van der Waals surface area contributed by atoms with Crippen LogP contribution in [-0.2, 0) is 0 Å². The minimum Gasteiger partial charge on any atom is -0.507 e. The van der Waals surface area contributed by atoms with E-state index in [-0.39, 0.29) is 17.4 Å². The van der Waals surface area contributed by atoms with E-state index in [2.05, 4.69) is 24.5 Å². The normalized spacial score (nSPS) is 10.9. The number of hydrogen-bond donors (Lipinski definition) is 2. The van der Waals surface area contributed by atoms with Gasteiger partial charge in [-0.3, -0.25) is 0 Å². The average Bonchev–Trinajstić information content (AvgIpc) is 2.97. The van der Waals surface area contributed by atoms with Crippen LogP contribution in [0.5, 0.6) is 5.75 Å². The van der Waals surface area contributed by atoms with Crippen molar-refractivity contribution in [2.24, 2.45) is 0 Å². The summed E-state index contributed by atoms with van der Waals surface area (Å²) in [4.78, 5) is 11.1. The molecule has 0 fully saturated rings. The van der Waals surface area contributed by atoms with Gasteiger partial charge in [0.25, 0.3) is 0 Å². The summed E-state index contributed by atoms with van der Waals surface area (Å²) in [6.07, 6.45) is 1.96. The monoisotopic (exact) mass is 320 g/mol. The van der Waals surface area contributed by atoms with Crippen molar-refractivity contribution in [1.29, 1.82) is 5.26 Å². The van der Waals surface area contributed by atoms with E-state index < -0.39 is 5.97 Å². The molecule has 5 nitrogen and oxygen atoms in total. The Morgan fingerprint density at radius 1 is 1.21 bits per heavy atom. The van der Waals surface area contributed by atoms with E-state index in [9.17, 15) is 15.2 Å². The highest BCUT2D eigenvalue weighted by atomic mass is 16.4. The Labute approximate surface area is 139 Å². The maximum Gasteiger partial charge on any atom is 0.339 e. The minimum absolute atomic E-state index is 0.147. The summed E-state index contributed by atoms with van der Waals surface area (Å²) in [5.41, 5.74) is 2.75. The topological polar surface area (TPSA) is 86.2 Å². The largest absolute Gasteiger partial charge is 0.507 e. The molecule has 0 amide bonds. The Balaban J connectivity index is 2.28. The lowest BCUT2D eigenvalue weighted by atomic mass is 9.97. The summed E-state index contributed by atoms with van der Waals surface area (Å²) in [5.74, 6) is -1.47. The van der Waals surface area contributed by atoms with Gasteiger partial charge < -0.3 is 14.8 Å². The number of carbonyl (C=O) groups is 1. The third kappa shape index (κ3) is 2.48. The van der Waals surface area contributed by atoms with Gasteiger partial charge in [-0.2, -0.15) is 5.26 Å². The van der Waals surface area contributed by atoms with E-state index in [1.807, 2.05) is 18.3 Å². The molecule has 0 aliphatic rings. The maximum atomic E-state index is 11.1. The molecule has 2 aromatic carbocycles. The zero-order valence-corrected chi connectivity index (χ0v) is 13.3. The third-order valence-corrected chi connectivity index (χ3v) is 4.06. The van der Waals surface area contributed by atoms with Crippen LogP contribution < -0.4 is 0 Å². The molecular formula is C19H16N2O3. The van der Waals surface area contributed by atoms with Gasteiger partial charge in [-0.1, -0.05) is 6.07 Å². The average molecular weight is 320 g/mol. The second-order valence-corrected chi connectivity index (χ2v) is 5.92. The Bertz CT molecular complexity index is 994. The molecule has 0 bridgehead atoms. The fourth-order valence-corrected chi connectivity index (χ4v) is 2.90. The van der Waals surface area contributed by atoms with Crippen molar-refractivity contribution in [3.63, 3.8) is 0 Å². The summed E-state index contributed by atoms with van der Waals surface area (Å²) in [6, 6.07) is 12.4. The molecular weight excluding hydrogens is 304 g/mol. The molecule has 120 valence electrons. The van der Waals surface area contributed by atoms with E-state index in [0.717, 1.165) is 16.5 Å². The molecule has 0 atom stereocenters. The number of aromatic nitrogens is 1. The summed E-state index contributed by atoms with van der Waals surface area (Å²) >= 11 is 0. The first kappa shape index (κ1) is 15.6. The molecule has 3 rings (SSSR count).